The van der Waals surface area contributed by atoms with Gasteiger partial charge in [0.1, 0.15) is 0 Å². The minimum absolute atomic E-state index is 0.0616. The average Bonchev–Trinajstić information content (AvgIpc) is 3.02. The minimum Gasteiger partial charge on any atom is -0.393 e. The molecule has 1 saturated heterocycles. The summed E-state index contributed by atoms with van der Waals surface area (Å²) in [5, 5.41) is 33.9. The Kier molecular flexibility index (Phi) is 5.13. The van der Waals surface area contributed by atoms with Gasteiger partial charge in [-0.3, -0.25) is 0 Å². The predicted octanol–water partition coefficient (Wildman–Crippen LogP) is 4.31. The van der Waals surface area contributed by atoms with Crippen LogP contribution in [0.25, 0.3) is 0 Å². The van der Waals surface area contributed by atoms with Crippen molar-refractivity contribution < 1.29 is 24.8 Å². The second kappa shape index (κ2) is 7.22. The molecule has 5 nitrogen and oxygen atoms in total. The fourth-order valence-electron chi connectivity index (χ4n) is 11.2. The second-order valence-corrected chi connectivity index (χ2v) is 14.7. The lowest BCUT2D eigenvalue weighted by Crippen LogP contribution is -2.59. The maximum Gasteiger partial charge on any atom is 0.0883 e. The van der Waals surface area contributed by atoms with Crippen LogP contribution < -0.4 is 0 Å². The van der Waals surface area contributed by atoms with Crippen LogP contribution in [0.3, 0.4) is 0 Å². The molecule has 194 valence electrons. The van der Waals surface area contributed by atoms with Crippen molar-refractivity contribution in [3.05, 3.63) is 0 Å². The smallest absolute Gasteiger partial charge is 0.0883 e. The molecule has 1 aliphatic heterocycles. The molecule has 5 heteroatoms. The van der Waals surface area contributed by atoms with E-state index in [1.807, 2.05) is 0 Å². The molecule has 3 N–H and O–H groups in total. The third-order valence-corrected chi connectivity index (χ3v) is 13.1. The monoisotopic (exact) mass is 476 g/mol. The average molecular weight is 477 g/mol. The van der Waals surface area contributed by atoms with Crippen molar-refractivity contribution in [1.29, 1.82) is 0 Å². The van der Waals surface area contributed by atoms with E-state index in [4.69, 9.17) is 9.47 Å². The van der Waals surface area contributed by atoms with Crippen molar-refractivity contribution in [3.8, 4) is 0 Å². The molecule has 0 amide bonds. The fourth-order valence-corrected chi connectivity index (χ4v) is 11.2. The zero-order chi connectivity index (χ0) is 24.5. The maximum atomic E-state index is 11.6. The van der Waals surface area contributed by atoms with E-state index in [2.05, 4.69) is 34.6 Å². The van der Waals surface area contributed by atoms with E-state index in [1.54, 1.807) is 7.11 Å². The molecule has 12 atom stereocenters. The molecule has 0 aromatic rings. The first-order chi connectivity index (χ1) is 15.8. The third-order valence-electron chi connectivity index (χ3n) is 13.1. The number of methoxy groups -OCH3 is 1. The summed E-state index contributed by atoms with van der Waals surface area (Å²) >= 11 is 0. The number of hydrogen-bond donors (Lipinski definition) is 3. The summed E-state index contributed by atoms with van der Waals surface area (Å²) in [6.45, 7) is 11.0. The first kappa shape index (κ1) is 24.2. The number of aliphatic hydroxyl groups is 3. The Hall–Kier alpha value is -0.200. The molecule has 0 aromatic carbocycles. The summed E-state index contributed by atoms with van der Waals surface area (Å²) < 4.78 is 12.4. The molecule has 5 saturated carbocycles. The molecule has 4 unspecified atom stereocenters. The molecule has 34 heavy (non-hydrogen) atoms. The van der Waals surface area contributed by atoms with Gasteiger partial charge in [0.15, 0.2) is 0 Å². The Labute approximate surface area is 206 Å². The molecule has 2 spiro atoms. The van der Waals surface area contributed by atoms with Crippen LogP contribution in [0.5, 0.6) is 0 Å². The lowest BCUT2D eigenvalue weighted by Gasteiger charge is -2.60. The quantitative estimate of drug-likeness (QED) is 0.566. The van der Waals surface area contributed by atoms with E-state index in [-0.39, 0.29) is 64.2 Å². The highest BCUT2D eigenvalue weighted by molar-refractivity contribution is 5.30. The van der Waals surface area contributed by atoms with Crippen LogP contribution in [0.1, 0.15) is 92.4 Å². The summed E-state index contributed by atoms with van der Waals surface area (Å²) in [6, 6.07) is 0. The Morgan fingerprint density at radius 1 is 0.853 bits per heavy atom. The molecule has 6 fully saturated rings. The third kappa shape index (κ3) is 2.80. The van der Waals surface area contributed by atoms with Gasteiger partial charge >= 0.3 is 0 Å². The molecular formula is C29H48O5. The fraction of sp³-hybridized carbons (Fsp3) is 1.00. The van der Waals surface area contributed by atoms with Crippen LogP contribution in [0.4, 0.5) is 0 Å². The molecule has 6 aliphatic rings. The molecule has 0 bridgehead atoms. The molecule has 5 aliphatic carbocycles. The van der Waals surface area contributed by atoms with E-state index >= 15 is 0 Å². The SMILES string of the molecule is COC(C)(C)[C@@H]1CCC([C@H]2[C@@H](O)CC3[C@@H]4C[C@H](O)C5C(C)(C)[C@@H](O)CC[C@@]56CC46CC[C@@]32C)O1. The van der Waals surface area contributed by atoms with Gasteiger partial charge in [0.05, 0.1) is 36.1 Å². The Morgan fingerprint density at radius 2 is 1.56 bits per heavy atom. The first-order valence-electron chi connectivity index (χ1n) is 14.1. The zero-order valence-electron chi connectivity index (χ0n) is 22.2. The van der Waals surface area contributed by atoms with Gasteiger partial charge in [0, 0.05) is 13.0 Å². The largest absolute Gasteiger partial charge is 0.393 e. The lowest BCUT2D eigenvalue weighted by molar-refractivity contribution is -0.182. The van der Waals surface area contributed by atoms with Crippen LogP contribution in [0.15, 0.2) is 0 Å². The molecule has 0 aromatic heterocycles. The van der Waals surface area contributed by atoms with Crippen molar-refractivity contribution in [2.45, 2.75) is 129 Å². The summed E-state index contributed by atoms with van der Waals surface area (Å²) in [5.74, 6) is 1.29. The lowest BCUT2D eigenvalue weighted by atomic mass is 9.45. The highest BCUT2D eigenvalue weighted by Gasteiger charge is 2.82. The zero-order valence-corrected chi connectivity index (χ0v) is 22.2. The number of hydrogen-bond acceptors (Lipinski definition) is 5. The van der Waals surface area contributed by atoms with E-state index in [9.17, 15) is 15.3 Å². The van der Waals surface area contributed by atoms with Gasteiger partial charge in [0.25, 0.3) is 0 Å². The summed E-state index contributed by atoms with van der Waals surface area (Å²) in [7, 11) is 1.76. The van der Waals surface area contributed by atoms with Gasteiger partial charge in [0.2, 0.25) is 0 Å². The standard InChI is InChI=1S/C29H48O5/c1-25(2)21(32)9-10-29-15-28(29)12-11-27(5)16(17(28)14-19(31)24(25)29)13-18(30)23(27)20-7-8-22(34-20)26(3,4)33-6/h16-24,30-32H,7-15H2,1-6H3/t16?,17-,18-,19-,20?,21-,22-,23+,24?,27-,28?,29+/m0/s1. The van der Waals surface area contributed by atoms with Crippen molar-refractivity contribution >= 4 is 0 Å². The van der Waals surface area contributed by atoms with E-state index in [1.165, 1.54) is 12.8 Å². The number of ether oxygens (including phenoxy) is 2. The normalized spacial score (nSPS) is 58.0. The van der Waals surface area contributed by atoms with E-state index in [0.717, 1.165) is 44.9 Å². The number of aliphatic hydroxyl groups excluding tert-OH is 3. The van der Waals surface area contributed by atoms with Gasteiger partial charge < -0.3 is 24.8 Å². The number of rotatable bonds is 3. The van der Waals surface area contributed by atoms with Crippen LogP contribution in [0.2, 0.25) is 0 Å². The van der Waals surface area contributed by atoms with Crippen LogP contribution in [-0.2, 0) is 9.47 Å². The second-order valence-electron chi connectivity index (χ2n) is 14.7. The van der Waals surface area contributed by atoms with Gasteiger partial charge in [-0.2, -0.15) is 0 Å². The van der Waals surface area contributed by atoms with Crippen LogP contribution >= 0.6 is 0 Å². The molecular weight excluding hydrogens is 428 g/mol. The van der Waals surface area contributed by atoms with E-state index < -0.39 is 0 Å². The topological polar surface area (TPSA) is 79.2 Å². The van der Waals surface area contributed by atoms with Crippen LogP contribution in [-0.4, -0.2) is 58.6 Å². The molecule has 6 rings (SSSR count). The first-order valence-corrected chi connectivity index (χ1v) is 14.1. The highest BCUT2D eigenvalue weighted by atomic mass is 16.6. The summed E-state index contributed by atoms with van der Waals surface area (Å²) in [4.78, 5) is 0. The summed E-state index contributed by atoms with van der Waals surface area (Å²) in [5.41, 5.74) is 0.0259. The van der Waals surface area contributed by atoms with Gasteiger partial charge in [-0.05, 0) is 111 Å². The van der Waals surface area contributed by atoms with Crippen molar-refractivity contribution in [2.24, 2.45) is 45.3 Å². The van der Waals surface area contributed by atoms with Crippen molar-refractivity contribution in [1.82, 2.24) is 0 Å². The van der Waals surface area contributed by atoms with E-state index in [0.29, 0.717) is 17.3 Å². The van der Waals surface area contributed by atoms with Crippen molar-refractivity contribution in [2.75, 3.05) is 7.11 Å². The Bertz CT molecular complexity index is 840. The predicted molar refractivity (Wildman–Crippen MR) is 130 cm³/mol. The van der Waals surface area contributed by atoms with Crippen molar-refractivity contribution in [3.63, 3.8) is 0 Å². The van der Waals surface area contributed by atoms with Gasteiger partial charge in [-0.25, -0.2) is 0 Å². The molecule has 0 radical (unpaired) electrons. The van der Waals surface area contributed by atoms with Crippen LogP contribution in [0, 0.1) is 45.3 Å². The van der Waals surface area contributed by atoms with Gasteiger partial charge in [-0.1, -0.05) is 20.8 Å². The Morgan fingerprint density at radius 3 is 2.26 bits per heavy atom. The highest BCUT2D eigenvalue weighted by Crippen LogP contribution is 2.86. The van der Waals surface area contributed by atoms with Gasteiger partial charge in [-0.15, -0.1) is 0 Å². The molecule has 1 heterocycles. The Balaban J connectivity index is 1.29. The maximum absolute atomic E-state index is 11.6. The number of fused-ring (bicyclic) bond motifs is 2. The minimum atomic E-state index is -0.348. The summed E-state index contributed by atoms with van der Waals surface area (Å²) in [6.07, 6.45) is 8.37.